The maximum atomic E-state index is 11.9. The molecule has 0 aliphatic carbocycles. The van der Waals surface area contributed by atoms with E-state index in [1.165, 1.54) is 19.2 Å². The van der Waals surface area contributed by atoms with Gasteiger partial charge in [0.05, 0.1) is 25.7 Å². The lowest BCUT2D eigenvalue weighted by Gasteiger charge is -2.10. The van der Waals surface area contributed by atoms with E-state index in [-0.39, 0.29) is 13.0 Å². The molecule has 1 amide bonds. The third kappa shape index (κ3) is 6.42. The molecule has 0 unspecified atom stereocenters. The number of ether oxygens (including phenoxy) is 3. The highest BCUT2D eigenvalue weighted by molar-refractivity contribution is 5.94. The van der Waals surface area contributed by atoms with E-state index in [0.29, 0.717) is 11.3 Å². The van der Waals surface area contributed by atoms with Gasteiger partial charge in [0.1, 0.15) is 5.75 Å². The van der Waals surface area contributed by atoms with Crippen LogP contribution < -0.4 is 10.1 Å². The van der Waals surface area contributed by atoms with Gasteiger partial charge in [0.25, 0.3) is 5.91 Å². The van der Waals surface area contributed by atoms with E-state index >= 15 is 0 Å². The second-order valence-electron chi connectivity index (χ2n) is 6.15. The summed E-state index contributed by atoms with van der Waals surface area (Å²) in [5.74, 6) is -0.744. The second-order valence-corrected chi connectivity index (χ2v) is 6.15. The molecular weight excluding hydrogens is 362 g/mol. The highest BCUT2D eigenvalue weighted by Gasteiger charge is 2.10. The largest absolute Gasteiger partial charge is 0.493 e. The van der Waals surface area contributed by atoms with Gasteiger partial charge < -0.3 is 19.5 Å². The zero-order chi connectivity index (χ0) is 20.5. The van der Waals surface area contributed by atoms with Crippen LogP contribution in [0.4, 0.5) is 5.69 Å². The minimum atomic E-state index is -0.526. The Labute approximate surface area is 163 Å². The third-order valence-electron chi connectivity index (χ3n) is 3.86. The van der Waals surface area contributed by atoms with Gasteiger partial charge in [0, 0.05) is 5.69 Å². The number of carbonyl (C=O) groups is 3. The quantitative estimate of drug-likeness (QED) is 0.703. The fourth-order valence-corrected chi connectivity index (χ4v) is 2.33. The summed E-state index contributed by atoms with van der Waals surface area (Å²) in [5.41, 5.74) is 2.90. The van der Waals surface area contributed by atoms with Gasteiger partial charge in [-0.1, -0.05) is 12.1 Å². The Bertz CT molecular complexity index is 844. The monoisotopic (exact) mass is 385 g/mol. The smallest absolute Gasteiger partial charge is 0.337 e. The van der Waals surface area contributed by atoms with Gasteiger partial charge >= 0.3 is 11.9 Å². The molecule has 0 aliphatic rings. The van der Waals surface area contributed by atoms with E-state index in [2.05, 4.69) is 10.1 Å². The van der Waals surface area contributed by atoms with Crippen molar-refractivity contribution in [1.29, 1.82) is 0 Å². The molecule has 1 N–H and O–H groups in total. The Morgan fingerprint density at radius 3 is 2.39 bits per heavy atom. The van der Waals surface area contributed by atoms with Gasteiger partial charge in [0.2, 0.25) is 0 Å². The summed E-state index contributed by atoms with van der Waals surface area (Å²) in [6.07, 6.45) is 0.0362. The Balaban J connectivity index is 1.71. The summed E-state index contributed by atoms with van der Waals surface area (Å²) in [5, 5.41) is 2.58. The van der Waals surface area contributed by atoms with Gasteiger partial charge in [-0.3, -0.25) is 9.59 Å². The lowest BCUT2D eigenvalue weighted by atomic mass is 10.1. The molecule has 2 aromatic rings. The van der Waals surface area contributed by atoms with Crippen molar-refractivity contribution in [3.8, 4) is 5.75 Å². The number of carbonyl (C=O) groups excluding carboxylic acids is 3. The molecule has 0 spiro atoms. The van der Waals surface area contributed by atoms with Crippen LogP contribution in [0.15, 0.2) is 42.5 Å². The average Bonchev–Trinajstić information content (AvgIpc) is 2.69. The predicted molar refractivity (Wildman–Crippen MR) is 103 cm³/mol. The summed E-state index contributed by atoms with van der Waals surface area (Å²) >= 11 is 0. The molecule has 0 saturated carbocycles. The molecular formula is C21H23NO6. The molecule has 0 bridgehead atoms. The Kier molecular flexibility index (Phi) is 7.56. The van der Waals surface area contributed by atoms with Crippen molar-refractivity contribution >= 4 is 23.5 Å². The van der Waals surface area contributed by atoms with Crippen LogP contribution in [-0.4, -0.2) is 38.2 Å². The van der Waals surface area contributed by atoms with Crippen LogP contribution in [0.3, 0.4) is 0 Å². The number of anilines is 1. The molecule has 0 fully saturated rings. The first-order valence-corrected chi connectivity index (χ1v) is 8.73. The van der Waals surface area contributed by atoms with E-state index in [4.69, 9.17) is 9.47 Å². The number of hydrogen-bond acceptors (Lipinski definition) is 6. The maximum absolute atomic E-state index is 11.9. The van der Waals surface area contributed by atoms with Gasteiger partial charge in [-0.25, -0.2) is 4.79 Å². The van der Waals surface area contributed by atoms with Crippen molar-refractivity contribution < 1.29 is 28.6 Å². The highest BCUT2D eigenvalue weighted by Crippen LogP contribution is 2.19. The van der Waals surface area contributed by atoms with E-state index < -0.39 is 24.5 Å². The molecule has 7 heteroatoms. The van der Waals surface area contributed by atoms with Crippen LogP contribution in [0.1, 0.15) is 27.9 Å². The van der Waals surface area contributed by atoms with Crippen LogP contribution in [0.25, 0.3) is 0 Å². The number of hydrogen-bond donors (Lipinski definition) is 1. The molecule has 148 valence electrons. The average molecular weight is 385 g/mol. The normalized spacial score (nSPS) is 10.1. The summed E-state index contributed by atoms with van der Waals surface area (Å²) in [6.45, 7) is 3.65. The van der Waals surface area contributed by atoms with Crippen molar-refractivity contribution in [3.63, 3.8) is 0 Å². The van der Waals surface area contributed by atoms with Crippen LogP contribution in [0.2, 0.25) is 0 Å². The highest BCUT2D eigenvalue weighted by atomic mass is 16.5. The number of aryl methyl sites for hydroxylation is 2. The lowest BCUT2D eigenvalue weighted by Crippen LogP contribution is -2.21. The van der Waals surface area contributed by atoms with Crippen LogP contribution >= 0.6 is 0 Å². The molecule has 7 nitrogen and oxygen atoms in total. The first-order chi connectivity index (χ1) is 13.4. The summed E-state index contributed by atoms with van der Waals surface area (Å²) in [7, 11) is 1.29. The topological polar surface area (TPSA) is 90.9 Å². The summed E-state index contributed by atoms with van der Waals surface area (Å²) < 4.78 is 15.1. The van der Waals surface area contributed by atoms with Crippen molar-refractivity contribution in [2.24, 2.45) is 0 Å². The lowest BCUT2D eigenvalue weighted by molar-refractivity contribution is -0.147. The zero-order valence-corrected chi connectivity index (χ0v) is 16.1. The Hall–Kier alpha value is -3.35. The molecule has 0 radical (unpaired) electrons. The number of methoxy groups -OCH3 is 1. The van der Waals surface area contributed by atoms with E-state index in [0.717, 1.165) is 16.9 Å². The van der Waals surface area contributed by atoms with E-state index in [9.17, 15) is 14.4 Å². The zero-order valence-electron chi connectivity index (χ0n) is 16.1. The maximum Gasteiger partial charge on any atom is 0.337 e. The number of amides is 1. The van der Waals surface area contributed by atoms with Crippen LogP contribution in [-0.2, 0) is 19.1 Å². The number of benzene rings is 2. The fourth-order valence-electron chi connectivity index (χ4n) is 2.33. The van der Waals surface area contributed by atoms with E-state index in [1.807, 2.05) is 32.0 Å². The first-order valence-electron chi connectivity index (χ1n) is 8.73. The molecule has 2 rings (SSSR count). The van der Waals surface area contributed by atoms with Crippen molar-refractivity contribution in [1.82, 2.24) is 0 Å². The predicted octanol–water partition coefficient (Wildman–Crippen LogP) is 3.04. The van der Waals surface area contributed by atoms with E-state index in [1.54, 1.807) is 12.1 Å². The summed E-state index contributed by atoms with van der Waals surface area (Å²) in [4.78, 5) is 35.0. The van der Waals surface area contributed by atoms with Gasteiger partial charge in [-0.15, -0.1) is 0 Å². The molecule has 0 saturated heterocycles. The van der Waals surface area contributed by atoms with Crippen molar-refractivity contribution in [2.75, 3.05) is 25.6 Å². The third-order valence-corrected chi connectivity index (χ3v) is 3.86. The minimum Gasteiger partial charge on any atom is -0.493 e. The number of rotatable bonds is 8. The SMILES string of the molecule is COC(=O)c1ccc(NC(=O)COC(=O)CCOc2cc(C)ccc2C)cc1. The van der Waals surface area contributed by atoms with Gasteiger partial charge in [-0.2, -0.15) is 0 Å². The van der Waals surface area contributed by atoms with Gasteiger partial charge in [-0.05, 0) is 55.3 Å². The second kappa shape index (κ2) is 10.1. The van der Waals surface area contributed by atoms with Gasteiger partial charge in [0.15, 0.2) is 6.61 Å². The Morgan fingerprint density at radius 2 is 1.71 bits per heavy atom. The summed E-state index contributed by atoms with van der Waals surface area (Å²) in [6, 6.07) is 12.0. The Morgan fingerprint density at radius 1 is 1.00 bits per heavy atom. The minimum absolute atomic E-state index is 0.0362. The molecule has 0 aromatic heterocycles. The van der Waals surface area contributed by atoms with Crippen LogP contribution in [0.5, 0.6) is 5.75 Å². The molecule has 28 heavy (non-hydrogen) atoms. The number of nitrogens with one attached hydrogen (secondary N) is 1. The number of esters is 2. The molecule has 2 aromatic carbocycles. The molecule has 0 heterocycles. The standard InChI is InChI=1S/C21H23NO6/c1-14-4-5-15(2)18(12-14)27-11-10-20(24)28-13-19(23)22-17-8-6-16(7-9-17)21(25)26-3/h4-9,12H,10-11,13H2,1-3H3,(H,22,23). The van der Waals surface area contributed by atoms with Crippen LogP contribution in [0, 0.1) is 13.8 Å². The first kappa shape index (κ1) is 21.0. The molecule has 0 aliphatic heterocycles. The fraction of sp³-hybridized carbons (Fsp3) is 0.286. The molecule has 0 atom stereocenters. The van der Waals surface area contributed by atoms with Crippen molar-refractivity contribution in [2.45, 2.75) is 20.3 Å². The van der Waals surface area contributed by atoms with Crippen molar-refractivity contribution in [3.05, 3.63) is 59.2 Å².